The van der Waals surface area contributed by atoms with Crippen molar-refractivity contribution in [2.45, 2.75) is 6.92 Å². The lowest BCUT2D eigenvalue weighted by atomic mass is 10.2. The van der Waals surface area contributed by atoms with Crippen LogP contribution in [-0.4, -0.2) is 16.6 Å². The molecule has 1 N–H and O–H groups in total. The van der Waals surface area contributed by atoms with Crippen molar-refractivity contribution in [3.8, 4) is 0 Å². The van der Waals surface area contributed by atoms with Crippen LogP contribution in [0.5, 0.6) is 0 Å². The molecule has 23 heavy (non-hydrogen) atoms. The smallest absolute Gasteiger partial charge is 0.267 e. The summed E-state index contributed by atoms with van der Waals surface area (Å²) in [6.45, 7) is 1.81. The summed E-state index contributed by atoms with van der Waals surface area (Å²) >= 11 is 3.27. The first kappa shape index (κ1) is 16.8. The number of nitrogens with one attached hydrogen (secondary N) is 1. The first-order chi connectivity index (χ1) is 11.1. The molecular weight excluding hydrogens is 354 g/mol. The minimum absolute atomic E-state index is 0.300. The molecule has 2 rings (SSSR count). The van der Waals surface area contributed by atoms with Crippen LogP contribution in [0.1, 0.15) is 22.8 Å². The van der Waals surface area contributed by atoms with Gasteiger partial charge < -0.3 is 0 Å². The number of amides is 1. The zero-order chi connectivity index (χ0) is 16.5. The highest BCUT2D eigenvalue weighted by molar-refractivity contribution is 9.10. The first-order valence-electron chi connectivity index (χ1n) is 7.00. The summed E-state index contributed by atoms with van der Waals surface area (Å²) in [6.07, 6.45) is 10.7. The second-order valence-corrected chi connectivity index (χ2v) is 5.63. The molecule has 0 bridgehead atoms. The Morgan fingerprint density at radius 2 is 2.00 bits per heavy atom. The number of benzene rings is 1. The Bertz CT molecular complexity index is 752. The topological polar surface area (TPSA) is 54.4 Å². The van der Waals surface area contributed by atoms with Gasteiger partial charge in [0, 0.05) is 16.9 Å². The number of halogens is 1. The van der Waals surface area contributed by atoms with E-state index >= 15 is 0 Å². The standard InChI is InChI=1S/C18H16BrN3O/c1-14(7-5-6-10-15-8-3-2-4-9-15)21-22-18(23)16-11-17(19)13-20-12-16/h2-13H,1H3,(H,22,23)/b7-5-,10-6+,21-14+. The molecule has 1 aromatic heterocycles. The Hall–Kier alpha value is -2.53. The molecule has 0 atom stereocenters. The van der Waals surface area contributed by atoms with Crippen molar-refractivity contribution in [1.29, 1.82) is 0 Å². The van der Waals surface area contributed by atoms with Crippen LogP contribution in [0, 0.1) is 0 Å². The highest BCUT2D eigenvalue weighted by atomic mass is 79.9. The normalized spacial score (nSPS) is 12.0. The molecule has 5 heteroatoms. The fourth-order valence-electron chi connectivity index (χ4n) is 1.70. The van der Waals surface area contributed by atoms with Gasteiger partial charge in [0.05, 0.1) is 11.3 Å². The van der Waals surface area contributed by atoms with Gasteiger partial charge >= 0.3 is 0 Å². The van der Waals surface area contributed by atoms with E-state index in [4.69, 9.17) is 0 Å². The molecule has 116 valence electrons. The molecule has 0 unspecified atom stereocenters. The lowest BCUT2D eigenvalue weighted by Crippen LogP contribution is -2.18. The van der Waals surface area contributed by atoms with Crippen molar-refractivity contribution < 1.29 is 4.79 Å². The van der Waals surface area contributed by atoms with Gasteiger partial charge in [-0.3, -0.25) is 9.78 Å². The highest BCUT2D eigenvalue weighted by Crippen LogP contribution is 2.09. The predicted octanol–water partition coefficient (Wildman–Crippen LogP) is 4.22. The number of rotatable bonds is 5. The van der Waals surface area contributed by atoms with Gasteiger partial charge in [0.2, 0.25) is 0 Å². The minimum Gasteiger partial charge on any atom is -0.267 e. The molecule has 0 saturated heterocycles. The molecule has 0 radical (unpaired) electrons. The Kier molecular flexibility index (Phi) is 6.44. The van der Waals surface area contributed by atoms with Crippen molar-refractivity contribution in [2.24, 2.45) is 5.10 Å². The van der Waals surface area contributed by atoms with E-state index in [9.17, 15) is 4.79 Å². The maximum absolute atomic E-state index is 11.9. The van der Waals surface area contributed by atoms with E-state index in [0.717, 1.165) is 10.0 Å². The van der Waals surface area contributed by atoms with Gasteiger partial charge in [-0.05, 0) is 40.6 Å². The van der Waals surface area contributed by atoms with Gasteiger partial charge in [-0.25, -0.2) is 5.43 Å². The SMILES string of the molecule is CC(/C=C\C=C\c1ccccc1)=N\NC(=O)c1cncc(Br)c1. The fraction of sp³-hybridized carbons (Fsp3) is 0.0556. The second kappa shape index (κ2) is 8.80. The number of allylic oxidation sites excluding steroid dienone is 3. The number of nitrogens with zero attached hydrogens (tertiary/aromatic N) is 2. The summed E-state index contributed by atoms with van der Waals surface area (Å²) in [4.78, 5) is 15.8. The van der Waals surface area contributed by atoms with Crippen LogP contribution in [0.3, 0.4) is 0 Å². The Morgan fingerprint density at radius 1 is 1.22 bits per heavy atom. The van der Waals surface area contributed by atoms with Crippen molar-refractivity contribution in [2.75, 3.05) is 0 Å². The lowest BCUT2D eigenvalue weighted by Gasteiger charge is -2.00. The van der Waals surface area contributed by atoms with E-state index in [2.05, 4.69) is 31.4 Å². The summed E-state index contributed by atoms with van der Waals surface area (Å²) in [5.41, 5.74) is 4.77. The van der Waals surface area contributed by atoms with Gasteiger partial charge in [0.1, 0.15) is 0 Å². The molecule has 0 aliphatic carbocycles. The number of hydrazone groups is 1. The van der Waals surface area contributed by atoms with Crippen molar-refractivity contribution in [1.82, 2.24) is 10.4 Å². The molecule has 4 nitrogen and oxygen atoms in total. The molecule has 0 saturated carbocycles. The van der Waals surface area contributed by atoms with Crippen molar-refractivity contribution in [3.05, 3.63) is 82.6 Å². The van der Waals surface area contributed by atoms with Crippen LogP contribution in [-0.2, 0) is 0 Å². The fourth-order valence-corrected chi connectivity index (χ4v) is 2.07. The maximum Gasteiger partial charge on any atom is 0.272 e. The van der Waals surface area contributed by atoms with E-state index in [-0.39, 0.29) is 5.91 Å². The third-order valence-electron chi connectivity index (χ3n) is 2.84. The molecule has 0 aliphatic heterocycles. The third-order valence-corrected chi connectivity index (χ3v) is 3.27. The summed E-state index contributed by atoms with van der Waals surface area (Å²) in [6, 6.07) is 11.7. The molecule has 1 heterocycles. The van der Waals surface area contributed by atoms with Crippen molar-refractivity contribution in [3.63, 3.8) is 0 Å². The first-order valence-corrected chi connectivity index (χ1v) is 7.79. The van der Waals surface area contributed by atoms with Crippen LogP contribution in [0.2, 0.25) is 0 Å². The molecule has 0 aliphatic rings. The van der Waals surface area contributed by atoms with Crippen LogP contribution >= 0.6 is 15.9 Å². The maximum atomic E-state index is 11.9. The summed E-state index contributed by atoms with van der Waals surface area (Å²) in [5, 5.41) is 4.03. The molecule has 1 amide bonds. The second-order valence-electron chi connectivity index (χ2n) is 4.71. The molecule has 0 spiro atoms. The number of carbonyl (C=O) groups is 1. The number of hydrogen-bond acceptors (Lipinski definition) is 3. The molecule has 2 aromatic rings. The predicted molar refractivity (Wildman–Crippen MR) is 97.1 cm³/mol. The van der Waals surface area contributed by atoms with Gasteiger partial charge in [0.25, 0.3) is 5.91 Å². The van der Waals surface area contributed by atoms with Crippen LogP contribution in [0.15, 0.2) is 76.6 Å². The summed E-state index contributed by atoms with van der Waals surface area (Å²) in [7, 11) is 0. The molecule has 1 aromatic carbocycles. The monoisotopic (exact) mass is 369 g/mol. The van der Waals surface area contributed by atoms with E-state index in [0.29, 0.717) is 11.3 Å². The zero-order valence-corrected chi connectivity index (χ0v) is 14.2. The average molecular weight is 370 g/mol. The van der Waals surface area contributed by atoms with Gasteiger partial charge in [-0.15, -0.1) is 0 Å². The van der Waals surface area contributed by atoms with Gasteiger partial charge in [-0.1, -0.05) is 48.6 Å². The Labute approximate surface area is 143 Å². The summed E-state index contributed by atoms with van der Waals surface area (Å²) < 4.78 is 0.747. The van der Waals surface area contributed by atoms with E-state index in [1.807, 2.05) is 61.6 Å². The quantitative estimate of drug-likeness (QED) is 0.487. The average Bonchev–Trinajstić information content (AvgIpc) is 2.57. The number of carbonyl (C=O) groups excluding carboxylic acids is 1. The highest BCUT2D eigenvalue weighted by Gasteiger charge is 2.04. The van der Waals surface area contributed by atoms with Crippen molar-refractivity contribution >= 4 is 33.6 Å². The number of aromatic nitrogens is 1. The molecular formula is C18H16BrN3O. The van der Waals surface area contributed by atoms with Crippen LogP contribution < -0.4 is 5.43 Å². The lowest BCUT2D eigenvalue weighted by molar-refractivity contribution is 0.0954. The third kappa shape index (κ3) is 6.00. The van der Waals surface area contributed by atoms with E-state index in [1.54, 1.807) is 12.3 Å². The zero-order valence-electron chi connectivity index (χ0n) is 12.6. The summed E-state index contributed by atoms with van der Waals surface area (Å²) in [5.74, 6) is -0.300. The van der Waals surface area contributed by atoms with Gasteiger partial charge in [0.15, 0.2) is 0 Å². The van der Waals surface area contributed by atoms with Gasteiger partial charge in [-0.2, -0.15) is 5.10 Å². The van der Waals surface area contributed by atoms with E-state index < -0.39 is 0 Å². The number of hydrogen-bond donors (Lipinski definition) is 1. The molecule has 0 fully saturated rings. The Morgan fingerprint density at radius 3 is 2.74 bits per heavy atom. The number of pyridine rings is 1. The largest absolute Gasteiger partial charge is 0.272 e. The van der Waals surface area contributed by atoms with Crippen LogP contribution in [0.25, 0.3) is 6.08 Å². The van der Waals surface area contributed by atoms with Crippen LogP contribution in [0.4, 0.5) is 0 Å². The minimum atomic E-state index is -0.300. The Balaban J connectivity index is 1.89. The van der Waals surface area contributed by atoms with E-state index in [1.165, 1.54) is 6.20 Å².